The van der Waals surface area contributed by atoms with Gasteiger partial charge in [-0.25, -0.2) is 4.98 Å². The van der Waals surface area contributed by atoms with E-state index in [-0.39, 0.29) is 0 Å². The molecule has 0 aliphatic rings. The van der Waals surface area contributed by atoms with Gasteiger partial charge < -0.3 is 0 Å². The lowest BCUT2D eigenvalue weighted by molar-refractivity contribution is 0.587. The van der Waals surface area contributed by atoms with E-state index >= 15 is 0 Å². The molecule has 0 atom stereocenters. The van der Waals surface area contributed by atoms with Gasteiger partial charge in [0.15, 0.2) is 0 Å². The van der Waals surface area contributed by atoms with Crippen molar-refractivity contribution in [3.63, 3.8) is 0 Å². The standard InChI is InChI=1S/C11H6Cl2FN/c12-8-3-1-7(2-4-8)10-5-9(13)6-15-11(10)14/h1-6H. The van der Waals surface area contributed by atoms with Crippen molar-refractivity contribution in [1.29, 1.82) is 0 Å². The molecule has 1 heterocycles. The molecule has 76 valence electrons. The zero-order chi connectivity index (χ0) is 10.8. The Morgan fingerprint density at radius 2 is 1.67 bits per heavy atom. The fraction of sp³-hybridized carbons (Fsp3) is 0. The van der Waals surface area contributed by atoms with E-state index in [1.807, 2.05) is 0 Å². The van der Waals surface area contributed by atoms with Crippen LogP contribution in [0.2, 0.25) is 10.0 Å². The Bertz CT molecular complexity index is 482. The Kier molecular flexibility index (Phi) is 2.89. The van der Waals surface area contributed by atoms with E-state index < -0.39 is 5.95 Å². The second-order valence-electron chi connectivity index (χ2n) is 3.00. The van der Waals surface area contributed by atoms with E-state index in [0.717, 1.165) is 0 Å². The molecule has 0 bridgehead atoms. The number of pyridine rings is 1. The van der Waals surface area contributed by atoms with Gasteiger partial charge in [-0.15, -0.1) is 0 Å². The molecule has 15 heavy (non-hydrogen) atoms. The number of nitrogens with zero attached hydrogens (tertiary/aromatic N) is 1. The highest BCUT2D eigenvalue weighted by Gasteiger charge is 2.06. The fourth-order valence-electron chi connectivity index (χ4n) is 1.25. The molecule has 0 fully saturated rings. The van der Waals surface area contributed by atoms with Crippen LogP contribution < -0.4 is 0 Å². The molecule has 2 rings (SSSR count). The van der Waals surface area contributed by atoms with Crippen LogP contribution in [-0.4, -0.2) is 4.98 Å². The summed E-state index contributed by atoms with van der Waals surface area (Å²) in [5.41, 5.74) is 1.08. The minimum atomic E-state index is -0.540. The molecule has 1 aromatic carbocycles. The van der Waals surface area contributed by atoms with Gasteiger partial charge in [0.05, 0.1) is 5.02 Å². The van der Waals surface area contributed by atoms with E-state index in [1.165, 1.54) is 12.3 Å². The van der Waals surface area contributed by atoms with Gasteiger partial charge in [-0.3, -0.25) is 0 Å². The lowest BCUT2D eigenvalue weighted by atomic mass is 10.1. The minimum Gasteiger partial charge on any atom is -0.226 e. The first-order chi connectivity index (χ1) is 7.16. The van der Waals surface area contributed by atoms with Crippen molar-refractivity contribution in [3.05, 3.63) is 52.5 Å². The highest BCUT2D eigenvalue weighted by atomic mass is 35.5. The summed E-state index contributed by atoms with van der Waals surface area (Å²) in [6.45, 7) is 0. The van der Waals surface area contributed by atoms with Crippen molar-refractivity contribution < 1.29 is 4.39 Å². The number of hydrogen-bond acceptors (Lipinski definition) is 1. The summed E-state index contributed by atoms with van der Waals surface area (Å²) in [6, 6.07) is 8.36. The molecule has 0 saturated heterocycles. The highest BCUT2D eigenvalue weighted by molar-refractivity contribution is 6.31. The maximum absolute atomic E-state index is 13.4. The lowest BCUT2D eigenvalue weighted by Crippen LogP contribution is -1.88. The first-order valence-electron chi connectivity index (χ1n) is 4.24. The van der Waals surface area contributed by atoms with Crippen molar-refractivity contribution in [2.24, 2.45) is 0 Å². The van der Waals surface area contributed by atoms with Gasteiger partial charge in [0, 0.05) is 16.8 Å². The summed E-state index contributed by atoms with van der Waals surface area (Å²) in [4.78, 5) is 3.55. The summed E-state index contributed by atoms with van der Waals surface area (Å²) in [5, 5.41) is 1.01. The van der Waals surface area contributed by atoms with Crippen LogP contribution in [0.3, 0.4) is 0 Å². The zero-order valence-corrected chi connectivity index (χ0v) is 9.06. The van der Waals surface area contributed by atoms with Gasteiger partial charge in [0.2, 0.25) is 5.95 Å². The van der Waals surface area contributed by atoms with Gasteiger partial charge >= 0.3 is 0 Å². The van der Waals surface area contributed by atoms with Crippen molar-refractivity contribution in [2.75, 3.05) is 0 Å². The van der Waals surface area contributed by atoms with Gasteiger partial charge in [-0.05, 0) is 23.8 Å². The third-order valence-electron chi connectivity index (χ3n) is 1.96. The number of rotatable bonds is 1. The smallest absolute Gasteiger partial charge is 0.220 e. The van der Waals surface area contributed by atoms with E-state index in [0.29, 0.717) is 21.2 Å². The molecule has 0 aliphatic heterocycles. The van der Waals surface area contributed by atoms with Crippen molar-refractivity contribution >= 4 is 23.2 Å². The second kappa shape index (κ2) is 4.17. The maximum atomic E-state index is 13.4. The Morgan fingerprint density at radius 3 is 2.33 bits per heavy atom. The van der Waals surface area contributed by atoms with Gasteiger partial charge in [-0.1, -0.05) is 35.3 Å². The minimum absolute atomic E-state index is 0.374. The first kappa shape index (κ1) is 10.4. The summed E-state index contributed by atoms with van der Waals surface area (Å²) in [6.07, 6.45) is 1.27. The lowest BCUT2D eigenvalue weighted by Gasteiger charge is -2.03. The Balaban J connectivity index is 2.53. The average Bonchev–Trinajstić information content (AvgIpc) is 2.23. The number of aromatic nitrogens is 1. The molecule has 4 heteroatoms. The molecule has 1 nitrogen and oxygen atoms in total. The normalized spacial score (nSPS) is 10.3. The third-order valence-corrected chi connectivity index (χ3v) is 2.42. The average molecular weight is 242 g/mol. The topological polar surface area (TPSA) is 12.9 Å². The molecule has 0 unspecified atom stereocenters. The monoisotopic (exact) mass is 241 g/mol. The van der Waals surface area contributed by atoms with Gasteiger partial charge in [0.1, 0.15) is 0 Å². The van der Waals surface area contributed by atoms with E-state index in [2.05, 4.69) is 4.98 Å². The van der Waals surface area contributed by atoms with Gasteiger partial charge in [0.25, 0.3) is 0 Å². The molecule has 0 aliphatic carbocycles. The van der Waals surface area contributed by atoms with Crippen molar-refractivity contribution in [2.45, 2.75) is 0 Å². The predicted molar refractivity (Wildman–Crippen MR) is 59.7 cm³/mol. The molecule has 1 aromatic heterocycles. The summed E-state index contributed by atoms with van der Waals surface area (Å²) >= 11 is 11.5. The van der Waals surface area contributed by atoms with Crippen LogP contribution in [0.25, 0.3) is 11.1 Å². The fourth-order valence-corrected chi connectivity index (χ4v) is 1.54. The largest absolute Gasteiger partial charge is 0.226 e. The van der Waals surface area contributed by atoms with Crippen LogP contribution in [0.4, 0.5) is 4.39 Å². The summed E-state index contributed by atoms with van der Waals surface area (Å²) in [5.74, 6) is -0.540. The Morgan fingerprint density at radius 1 is 1.00 bits per heavy atom. The quantitative estimate of drug-likeness (QED) is 0.683. The predicted octanol–water partition coefficient (Wildman–Crippen LogP) is 4.19. The molecule has 0 saturated carbocycles. The van der Waals surface area contributed by atoms with E-state index in [9.17, 15) is 4.39 Å². The van der Waals surface area contributed by atoms with Crippen LogP contribution in [0.15, 0.2) is 36.5 Å². The zero-order valence-electron chi connectivity index (χ0n) is 7.55. The summed E-state index contributed by atoms with van der Waals surface area (Å²) < 4.78 is 13.4. The maximum Gasteiger partial charge on any atom is 0.220 e. The highest BCUT2D eigenvalue weighted by Crippen LogP contribution is 2.25. The van der Waals surface area contributed by atoms with Crippen LogP contribution in [0, 0.1) is 5.95 Å². The molecular formula is C11H6Cl2FN. The molecule has 2 aromatic rings. The van der Waals surface area contributed by atoms with Crippen LogP contribution in [0.5, 0.6) is 0 Å². The molecule has 0 radical (unpaired) electrons. The van der Waals surface area contributed by atoms with E-state index in [1.54, 1.807) is 24.3 Å². The molecule has 0 amide bonds. The molecule has 0 spiro atoms. The summed E-state index contributed by atoms with van der Waals surface area (Å²) in [7, 11) is 0. The van der Waals surface area contributed by atoms with Crippen LogP contribution >= 0.6 is 23.2 Å². The van der Waals surface area contributed by atoms with Crippen molar-refractivity contribution in [1.82, 2.24) is 4.98 Å². The first-order valence-corrected chi connectivity index (χ1v) is 4.99. The molecular weight excluding hydrogens is 236 g/mol. The number of hydrogen-bond donors (Lipinski definition) is 0. The van der Waals surface area contributed by atoms with Crippen LogP contribution in [-0.2, 0) is 0 Å². The van der Waals surface area contributed by atoms with E-state index in [4.69, 9.17) is 23.2 Å². The number of benzene rings is 1. The second-order valence-corrected chi connectivity index (χ2v) is 3.87. The SMILES string of the molecule is Fc1ncc(Cl)cc1-c1ccc(Cl)cc1. The Hall–Kier alpha value is -1.12. The third kappa shape index (κ3) is 2.28. The Labute approximate surface area is 96.5 Å². The van der Waals surface area contributed by atoms with Gasteiger partial charge in [-0.2, -0.15) is 4.39 Å². The van der Waals surface area contributed by atoms with Crippen LogP contribution in [0.1, 0.15) is 0 Å². The number of halogens is 3. The van der Waals surface area contributed by atoms with Crippen molar-refractivity contribution in [3.8, 4) is 11.1 Å². The molecule has 0 N–H and O–H groups in total.